The Labute approximate surface area is 131 Å². The summed E-state index contributed by atoms with van der Waals surface area (Å²) in [5, 5.41) is 2.84. The maximum atomic E-state index is 12.7. The van der Waals surface area contributed by atoms with Crippen molar-refractivity contribution in [3.8, 4) is 11.5 Å². The fraction of sp³-hybridized carbons (Fsp3) is 0.333. The first-order valence-corrected chi connectivity index (χ1v) is 6.74. The first-order valence-electron chi connectivity index (χ1n) is 6.74. The minimum atomic E-state index is -4.51. The van der Waals surface area contributed by atoms with E-state index < -0.39 is 11.9 Å². The lowest BCUT2D eigenvalue weighted by Crippen LogP contribution is -2.14. The Morgan fingerprint density at radius 2 is 1.78 bits per heavy atom. The summed E-state index contributed by atoms with van der Waals surface area (Å²) in [7, 11) is 3.03. The topological polar surface area (TPSA) is 56.3 Å². The molecular formula is C15H16F3N3O2. The molecule has 0 amide bonds. The smallest absolute Gasteiger partial charge is 0.433 e. The number of nitrogens with one attached hydrogen (secondary N) is 1. The van der Waals surface area contributed by atoms with Gasteiger partial charge in [0.15, 0.2) is 11.5 Å². The molecule has 0 unspecified atom stereocenters. The number of hydrogen-bond donors (Lipinski definition) is 1. The van der Waals surface area contributed by atoms with Gasteiger partial charge in [0.05, 0.1) is 20.3 Å². The van der Waals surface area contributed by atoms with Crippen LogP contribution in [0, 0.1) is 0 Å². The van der Waals surface area contributed by atoms with E-state index in [1.54, 1.807) is 25.1 Å². The van der Waals surface area contributed by atoms with Crippen molar-refractivity contribution in [3.05, 3.63) is 41.7 Å². The highest BCUT2D eigenvalue weighted by atomic mass is 19.4. The molecule has 0 radical (unpaired) electrons. The van der Waals surface area contributed by atoms with Crippen molar-refractivity contribution >= 4 is 5.95 Å². The molecule has 0 aliphatic rings. The van der Waals surface area contributed by atoms with E-state index in [0.717, 1.165) is 17.8 Å². The average Bonchev–Trinajstić information content (AvgIpc) is 2.53. The van der Waals surface area contributed by atoms with E-state index in [1.165, 1.54) is 14.2 Å². The molecule has 8 heteroatoms. The van der Waals surface area contributed by atoms with Crippen LogP contribution in [0.3, 0.4) is 0 Å². The highest BCUT2D eigenvalue weighted by molar-refractivity contribution is 5.45. The van der Waals surface area contributed by atoms with Crippen LogP contribution >= 0.6 is 0 Å². The molecule has 0 fully saturated rings. The summed E-state index contributed by atoms with van der Waals surface area (Å²) in [6, 6.07) is 5.75. The molecular weight excluding hydrogens is 311 g/mol. The fourth-order valence-electron chi connectivity index (χ4n) is 1.99. The molecule has 2 rings (SSSR count). The lowest BCUT2D eigenvalue weighted by atomic mass is 10.1. The van der Waals surface area contributed by atoms with Gasteiger partial charge in [0.2, 0.25) is 5.95 Å². The number of methoxy groups -OCH3 is 2. The van der Waals surface area contributed by atoms with Gasteiger partial charge in [0, 0.05) is 6.20 Å². The number of rotatable bonds is 5. The molecule has 0 saturated carbocycles. The number of ether oxygens (including phenoxy) is 2. The highest BCUT2D eigenvalue weighted by Crippen LogP contribution is 2.31. The molecule has 23 heavy (non-hydrogen) atoms. The van der Waals surface area contributed by atoms with Gasteiger partial charge in [0.25, 0.3) is 0 Å². The number of aromatic nitrogens is 2. The van der Waals surface area contributed by atoms with Gasteiger partial charge < -0.3 is 14.8 Å². The van der Waals surface area contributed by atoms with Gasteiger partial charge in [-0.2, -0.15) is 13.2 Å². The molecule has 124 valence electrons. The molecule has 1 aromatic carbocycles. The Bertz CT molecular complexity index is 677. The molecule has 2 aromatic rings. The van der Waals surface area contributed by atoms with Gasteiger partial charge in [-0.15, -0.1) is 0 Å². The van der Waals surface area contributed by atoms with Crippen LogP contribution in [0.15, 0.2) is 30.5 Å². The van der Waals surface area contributed by atoms with Crippen LogP contribution in [-0.4, -0.2) is 24.2 Å². The lowest BCUT2D eigenvalue weighted by Gasteiger charge is -2.17. The molecule has 0 spiro atoms. The molecule has 1 aromatic heterocycles. The van der Waals surface area contributed by atoms with E-state index in [4.69, 9.17) is 9.47 Å². The van der Waals surface area contributed by atoms with E-state index in [1.807, 2.05) is 0 Å². The lowest BCUT2D eigenvalue weighted by molar-refractivity contribution is -0.141. The van der Waals surface area contributed by atoms with Crippen LogP contribution in [0.5, 0.6) is 11.5 Å². The van der Waals surface area contributed by atoms with Crippen LogP contribution in [0.4, 0.5) is 19.1 Å². The molecule has 1 heterocycles. The van der Waals surface area contributed by atoms with Crippen molar-refractivity contribution in [2.45, 2.75) is 19.1 Å². The third-order valence-corrected chi connectivity index (χ3v) is 3.20. The fourth-order valence-corrected chi connectivity index (χ4v) is 1.99. The van der Waals surface area contributed by atoms with E-state index in [-0.39, 0.29) is 12.0 Å². The summed E-state index contributed by atoms with van der Waals surface area (Å²) in [5.41, 5.74) is -0.196. The number of hydrogen-bond acceptors (Lipinski definition) is 5. The largest absolute Gasteiger partial charge is 0.493 e. The summed E-state index contributed by atoms with van der Waals surface area (Å²) in [6.45, 7) is 1.78. The molecule has 1 atom stereocenters. The van der Waals surface area contributed by atoms with Crippen LogP contribution in [0.25, 0.3) is 0 Å². The Morgan fingerprint density at radius 3 is 2.39 bits per heavy atom. The number of anilines is 1. The maximum Gasteiger partial charge on any atom is 0.433 e. The summed E-state index contributed by atoms with van der Waals surface area (Å²) in [4.78, 5) is 7.30. The highest BCUT2D eigenvalue weighted by Gasteiger charge is 2.32. The maximum absolute atomic E-state index is 12.7. The van der Waals surface area contributed by atoms with Crippen molar-refractivity contribution in [1.82, 2.24) is 9.97 Å². The summed E-state index contributed by atoms with van der Waals surface area (Å²) in [5.74, 6) is 1.00. The molecule has 0 bridgehead atoms. The van der Waals surface area contributed by atoms with Crippen LogP contribution in [0.1, 0.15) is 24.2 Å². The minimum Gasteiger partial charge on any atom is -0.493 e. The Kier molecular flexibility index (Phi) is 4.92. The third-order valence-electron chi connectivity index (χ3n) is 3.20. The Hall–Kier alpha value is -2.51. The third kappa shape index (κ3) is 4.02. The first kappa shape index (κ1) is 16.9. The average molecular weight is 327 g/mol. The van der Waals surface area contributed by atoms with Crippen molar-refractivity contribution in [2.24, 2.45) is 0 Å². The second kappa shape index (κ2) is 6.72. The predicted octanol–water partition coefficient (Wildman–Crippen LogP) is 3.69. The standard InChI is InChI=1S/C15H16F3N3O2/c1-9(10-4-5-11(22-2)12(8-10)23-3)20-14-19-7-6-13(21-14)15(16,17)18/h4-9H,1-3H3,(H,19,20,21)/t9-/m1/s1. The van der Waals surface area contributed by atoms with Crippen LogP contribution < -0.4 is 14.8 Å². The zero-order chi connectivity index (χ0) is 17.0. The zero-order valence-corrected chi connectivity index (χ0v) is 12.8. The molecule has 5 nitrogen and oxygen atoms in total. The monoisotopic (exact) mass is 327 g/mol. The van der Waals surface area contributed by atoms with Gasteiger partial charge in [-0.1, -0.05) is 6.07 Å². The van der Waals surface area contributed by atoms with Crippen molar-refractivity contribution in [3.63, 3.8) is 0 Å². The second-order valence-corrected chi connectivity index (χ2v) is 4.74. The summed E-state index contributed by atoms with van der Waals surface area (Å²) < 4.78 is 48.3. The quantitative estimate of drug-likeness (QED) is 0.908. The molecule has 0 aliphatic carbocycles. The summed E-state index contributed by atoms with van der Waals surface area (Å²) in [6.07, 6.45) is -3.44. The van der Waals surface area contributed by atoms with Gasteiger partial charge in [-0.25, -0.2) is 9.97 Å². The number of halogens is 3. The van der Waals surface area contributed by atoms with E-state index in [9.17, 15) is 13.2 Å². The van der Waals surface area contributed by atoms with Gasteiger partial charge >= 0.3 is 6.18 Å². The molecule has 0 aliphatic heterocycles. The Morgan fingerprint density at radius 1 is 1.09 bits per heavy atom. The number of alkyl halides is 3. The first-order chi connectivity index (χ1) is 10.8. The van der Waals surface area contributed by atoms with Gasteiger partial charge in [0.1, 0.15) is 5.69 Å². The van der Waals surface area contributed by atoms with Crippen molar-refractivity contribution in [2.75, 3.05) is 19.5 Å². The number of benzene rings is 1. The summed E-state index contributed by atoms with van der Waals surface area (Å²) >= 11 is 0. The van der Waals surface area contributed by atoms with Gasteiger partial charge in [-0.3, -0.25) is 0 Å². The van der Waals surface area contributed by atoms with Crippen molar-refractivity contribution < 1.29 is 22.6 Å². The van der Waals surface area contributed by atoms with Gasteiger partial charge in [-0.05, 0) is 30.7 Å². The normalized spacial score (nSPS) is 12.6. The zero-order valence-electron chi connectivity index (χ0n) is 12.8. The van der Waals surface area contributed by atoms with E-state index in [2.05, 4.69) is 15.3 Å². The molecule has 0 saturated heterocycles. The SMILES string of the molecule is COc1ccc([C@@H](C)Nc2nccc(C(F)(F)F)n2)cc1OC. The molecule has 1 N–H and O–H groups in total. The van der Waals surface area contributed by atoms with Crippen molar-refractivity contribution in [1.29, 1.82) is 0 Å². The van der Waals surface area contributed by atoms with Crippen LogP contribution in [-0.2, 0) is 6.18 Å². The predicted molar refractivity (Wildman–Crippen MR) is 78.6 cm³/mol. The number of nitrogens with zero attached hydrogens (tertiary/aromatic N) is 2. The van der Waals surface area contributed by atoms with E-state index >= 15 is 0 Å². The Balaban J connectivity index is 2.21. The second-order valence-electron chi connectivity index (χ2n) is 4.74. The minimum absolute atomic E-state index is 0.0953. The van der Waals surface area contributed by atoms with Crippen LogP contribution in [0.2, 0.25) is 0 Å². The van der Waals surface area contributed by atoms with E-state index in [0.29, 0.717) is 11.5 Å².